The van der Waals surface area contributed by atoms with Crippen LogP contribution >= 0.6 is 0 Å². The lowest BCUT2D eigenvalue weighted by Gasteiger charge is -2.13. The van der Waals surface area contributed by atoms with Crippen LogP contribution < -0.4 is 14.8 Å². The molecule has 0 spiro atoms. The molecule has 2 heterocycles. The summed E-state index contributed by atoms with van der Waals surface area (Å²) in [6.07, 6.45) is 1.06. The van der Waals surface area contributed by atoms with E-state index >= 15 is 0 Å². The van der Waals surface area contributed by atoms with Crippen molar-refractivity contribution in [1.29, 1.82) is 0 Å². The Balaban J connectivity index is 2.37. The van der Waals surface area contributed by atoms with E-state index < -0.39 is 0 Å². The Kier molecular flexibility index (Phi) is 3.24. The minimum atomic E-state index is 0.364. The molecule has 5 heteroatoms. The van der Waals surface area contributed by atoms with Crippen LogP contribution in [-0.2, 0) is 0 Å². The zero-order valence-electron chi connectivity index (χ0n) is 9.91. The maximum absolute atomic E-state index is 5.24. The van der Waals surface area contributed by atoms with Gasteiger partial charge in [-0.3, -0.25) is 0 Å². The molecule has 0 aliphatic carbocycles. The lowest BCUT2D eigenvalue weighted by atomic mass is 10.1. The molecule has 88 valence electrons. The molecule has 1 aromatic rings. The minimum Gasteiger partial charge on any atom is -0.481 e. The van der Waals surface area contributed by atoms with Crippen molar-refractivity contribution in [3.05, 3.63) is 11.4 Å². The van der Waals surface area contributed by atoms with E-state index in [1.54, 1.807) is 14.2 Å². The van der Waals surface area contributed by atoms with E-state index in [-0.39, 0.29) is 0 Å². The minimum absolute atomic E-state index is 0.364. The van der Waals surface area contributed by atoms with Gasteiger partial charge in [-0.1, -0.05) is 0 Å². The van der Waals surface area contributed by atoms with Crippen LogP contribution in [0.5, 0.6) is 11.8 Å². The molecule has 1 unspecified atom stereocenters. The van der Waals surface area contributed by atoms with Gasteiger partial charge in [0.2, 0.25) is 11.8 Å². The Morgan fingerprint density at radius 1 is 1.19 bits per heavy atom. The van der Waals surface area contributed by atoms with Gasteiger partial charge in [-0.25, -0.2) is 0 Å². The van der Waals surface area contributed by atoms with Crippen LogP contribution in [0.25, 0.3) is 0 Å². The Morgan fingerprint density at radius 2 is 1.81 bits per heavy atom. The number of rotatable bonds is 3. The number of ether oxygens (including phenoxy) is 2. The van der Waals surface area contributed by atoms with Crippen molar-refractivity contribution in [2.75, 3.05) is 27.3 Å². The van der Waals surface area contributed by atoms with Crippen LogP contribution in [0.15, 0.2) is 0 Å². The maximum atomic E-state index is 5.24. The summed E-state index contributed by atoms with van der Waals surface area (Å²) < 4.78 is 10.5. The Bertz CT molecular complexity index is 350. The van der Waals surface area contributed by atoms with Crippen molar-refractivity contribution in [2.45, 2.75) is 19.3 Å². The average Bonchev–Trinajstić information content (AvgIpc) is 2.83. The van der Waals surface area contributed by atoms with E-state index in [1.807, 2.05) is 6.92 Å². The molecule has 1 fully saturated rings. The largest absolute Gasteiger partial charge is 0.481 e. The molecule has 1 N–H and O–H groups in total. The molecule has 1 aliphatic heterocycles. The number of nitrogens with one attached hydrogen (secondary N) is 1. The van der Waals surface area contributed by atoms with Gasteiger partial charge in [-0.2, -0.15) is 9.97 Å². The van der Waals surface area contributed by atoms with E-state index in [0.717, 1.165) is 30.9 Å². The molecule has 5 nitrogen and oxygen atoms in total. The van der Waals surface area contributed by atoms with Crippen LogP contribution in [0.4, 0.5) is 0 Å². The molecule has 1 aliphatic rings. The molecule has 1 atom stereocenters. The van der Waals surface area contributed by atoms with Crippen molar-refractivity contribution in [3.8, 4) is 11.8 Å². The average molecular weight is 223 g/mol. The van der Waals surface area contributed by atoms with E-state index in [0.29, 0.717) is 17.7 Å². The Hall–Kier alpha value is -1.36. The van der Waals surface area contributed by atoms with Crippen LogP contribution in [-0.4, -0.2) is 37.3 Å². The van der Waals surface area contributed by atoms with Gasteiger partial charge >= 0.3 is 0 Å². The highest BCUT2D eigenvalue weighted by molar-refractivity contribution is 5.34. The second-order valence-electron chi connectivity index (χ2n) is 3.92. The highest BCUT2D eigenvalue weighted by atomic mass is 16.5. The molecule has 0 amide bonds. The molecule has 2 rings (SSSR count). The lowest BCUT2D eigenvalue weighted by Crippen LogP contribution is -2.12. The maximum Gasteiger partial charge on any atom is 0.223 e. The van der Waals surface area contributed by atoms with Gasteiger partial charge in [-0.05, 0) is 19.9 Å². The predicted octanol–water partition coefficient (Wildman–Crippen LogP) is 0.879. The SMILES string of the molecule is COc1nc(C2CCNC2)nc(OC)c1C. The zero-order valence-corrected chi connectivity index (χ0v) is 9.91. The normalized spacial score (nSPS) is 19.8. The number of nitrogens with zero attached hydrogens (tertiary/aromatic N) is 2. The molecular formula is C11H17N3O2. The van der Waals surface area contributed by atoms with Crippen LogP contribution in [0.3, 0.4) is 0 Å². The van der Waals surface area contributed by atoms with Gasteiger partial charge in [0.15, 0.2) is 0 Å². The first-order valence-electron chi connectivity index (χ1n) is 5.43. The summed E-state index contributed by atoms with van der Waals surface area (Å²) in [4.78, 5) is 8.86. The summed E-state index contributed by atoms with van der Waals surface area (Å²) in [5, 5.41) is 3.30. The van der Waals surface area contributed by atoms with Crippen LogP contribution in [0.2, 0.25) is 0 Å². The lowest BCUT2D eigenvalue weighted by molar-refractivity contribution is 0.360. The van der Waals surface area contributed by atoms with Gasteiger partial charge in [0, 0.05) is 12.5 Å². The van der Waals surface area contributed by atoms with Gasteiger partial charge < -0.3 is 14.8 Å². The molecule has 0 aromatic carbocycles. The number of hydrogen-bond donors (Lipinski definition) is 1. The molecule has 0 radical (unpaired) electrons. The molecule has 0 bridgehead atoms. The third-order valence-electron chi connectivity index (χ3n) is 2.89. The van der Waals surface area contributed by atoms with Gasteiger partial charge in [0.1, 0.15) is 5.82 Å². The fraction of sp³-hybridized carbons (Fsp3) is 0.636. The van der Waals surface area contributed by atoms with E-state index in [1.165, 1.54) is 0 Å². The van der Waals surface area contributed by atoms with Gasteiger partial charge in [0.05, 0.1) is 19.8 Å². The fourth-order valence-electron chi connectivity index (χ4n) is 1.95. The second kappa shape index (κ2) is 4.65. The van der Waals surface area contributed by atoms with Crippen molar-refractivity contribution in [2.24, 2.45) is 0 Å². The molecule has 0 saturated carbocycles. The topological polar surface area (TPSA) is 56.3 Å². The van der Waals surface area contributed by atoms with Crippen molar-refractivity contribution >= 4 is 0 Å². The molecular weight excluding hydrogens is 206 g/mol. The standard InChI is InChI=1S/C11H17N3O2/c1-7-10(15-2)13-9(14-11(7)16-3)8-4-5-12-6-8/h8,12H,4-6H2,1-3H3. The highest BCUT2D eigenvalue weighted by Gasteiger charge is 2.22. The number of methoxy groups -OCH3 is 2. The third-order valence-corrected chi connectivity index (χ3v) is 2.89. The van der Waals surface area contributed by atoms with Gasteiger partial charge in [0.25, 0.3) is 0 Å². The first-order valence-corrected chi connectivity index (χ1v) is 5.43. The smallest absolute Gasteiger partial charge is 0.223 e. The quantitative estimate of drug-likeness (QED) is 0.824. The van der Waals surface area contributed by atoms with Crippen molar-refractivity contribution in [3.63, 3.8) is 0 Å². The Labute approximate surface area is 95.2 Å². The number of hydrogen-bond acceptors (Lipinski definition) is 5. The van der Waals surface area contributed by atoms with Gasteiger partial charge in [-0.15, -0.1) is 0 Å². The monoisotopic (exact) mass is 223 g/mol. The highest BCUT2D eigenvalue weighted by Crippen LogP contribution is 2.28. The van der Waals surface area contributed by atoms with Crippen molar-refractivity contribution < 1.29 is 9.47 Å². The molecule has 1 aromatic heterocycles. The Morgan fingerprint density at radius 3 is 2.25 bits per heavy atom. The zero-order chi connectivity index (χ0) is 11.5. The second-order valence-corrected chi connectivity index (χ2v) is 3.92. The van der Waals surface area contributed by atoms with Crippen molar-refractivity contribution in [1.82, 2.24) is 15.3 Å². The van der Waals surface area contributed by atoms with Crippen LogP contribution in [0.1, 0.15) is 23.7 Å². The first-order chi connectivity index (χ1) is 7.76. The summed E-state index contributed by atoms with van der Waals surface area (Å²) >= 11 is 0. The fourth-order valence-corrected chi connectivity index (χ4v) is 1.95. The summed E-state index contributed by atoms with van der Waals surface area (Å²) in [5.41, 5.74) is 0.847. The molecule has 16 heavy (non-hydrogen) atoms. The third kappa shape index (κ3) is 1.95. The summed E-state index contributed by atoms with van der Waals surface area (Å²) in [6.45, 7) is 3.84. The van der Waals surface area contributed by atoms with E-state index in [2.05, 4.69) is 15.3 Å². The van der Waals surface area contributed by atoms with Crippen LogP contribution in [0, 0.1) is 6.92 Å². The van der Waals surface area contributed by atoms with E-state index in [9.17, 15) is 0 Å². The number of aromatic nitrogens is 2. The predicted molar refractivity (Wildman–Crippen MR) is 60.1 cm³/mol. The summed E-state index contributed by atoms with van der Waals surface area (Å²) in [6, 6.07) is 0. The molecule has 1 saturated heterocycles. The summed E-state index contributed by atoms with van der Waals surface area (Å²) in [5.74, 6) is 2.38. The summed E-state index contributed by atoms with van der Waals surface area (Å²) in [7, 11) is 3.23. The van der Waals surface area contributed by atoms with E-state index in [4.69, 9.17) is 9.47 Å². The first kappa shape index (κ1) is 11.1.